The molecule has 24 heavy (non-hydrogen) atoms. The second kappa shape index (κ2) is 7.73. The number of hydrogen-bond acceptors (Lipinski definition) is 4. The normalized spacial score (nSPS) is 15.5. The van der Waals surface area contributed by atoms with Gasteiger partial charge in [-0.15, -0.1) is 11.3 Å². The molecule has 0 radical (unpaired) electrons. The summed E-state index contributed by atoms with van der Waals surface area (Å²) in [5.74, 6) is 0.527. The zero-order chi connectivity index (χ0) is 16.9. The predicted molar refractivity (Wildman–Crippen MR) is 96.7 cm³/mol. The number of benzene rings is 1. The van der Waals surface area contributed by atoms with Gasteiger partial charge in [0.15, 0.2) is 0 Å². The van der Waals surface area contributed by atoms with E-state index in [1.54, 1.807) is 18.2 Å². The van der Waals surface area contributed by atoms with Crippen LogP contribution in [0.4, 0.5) is 0 Å². The Hall–Kier alpha value is -1.98. The lowest BCUT2D eigenvalue weighted by atomic mass is 9.95. The molecule has 5 heteroatoms. The number of carbonyl (C=O) groups is 2. The van der Waals surface area contributed by atoms with Crippen LogP contribution in [-0.4, -0.2) is 43.3 Å². The molecule has 3 rings (SSSR count). The highest BCUT2D eigenvalue weighted by Crippen LogP contribution is 2.22. The van der Waals surface area contributed by atoms with Gasteiger partial charge in [0.2, 0.25) is 5.78 Å². The van der Waals surface area contributed by atoms with Crippen molar-refractivity contribution in [1.82, 2.24) is 10.2 Å². The van der Waals surface area contributed by atoms with Gasteiger partial charge in [0.25, 0.3) is 5.91 Å². The Morgan fingerprint density at radius 2 is 1.83 bits per heavy atom. The maximum atomic E-state index is 12.9. The first-order valence-corrected chi connectivity index (χ1v) is 9.19. The summed E-state index contributed by atoms with van der Waals surface area (Å²) in [6.07, 6.45) is 2.02. The minimum atomic E-state index is -0.0704. The Morgan fingerprint density at radius 3 is 2.46 bits per heavy atom. The average Bonchev–Trinajstić information content (AvgIpc) is 3.16. The van der Waals surface area contributed by atoms with Crippen LogP contribution in [-0.2, 0) is 0 Å². The van der Waals surface area contributed by atoms with E-state index in [0.29, 0.717) is 21.9 Å². The van der Waals surface area contributed by atoms with Gasteiger partial charge in [-0.25, -0.2) is 0 Å². The fourth-order valence-corrected chi connectivity index (χ4v) is 3.89. The molecular formula is C19H22N2O2S. The highest BCUT2D eigenvalue weighted by atomic mass is 32.1. The van der Waals surface area contributed by atoms with E-state index in [-0.39, 0.29) is 11.7 Å². The quantitative estimate of drug-likeness (QED) is 0.850. The molecule has 2 aromatic rings. The topological polar surface area (TPSA) is 49.4 Å². The minimum Gasteiger partial charge on any atom is -0.339 e. The highest BCUT2D eigenvalue weighted by molar-refractivity contribution is 7.12. The van der Waals surface area contributed by atoms with Crippen molar-refractivity contribution in [2.75, 3.05) is 26.7 Å². The predicted octanol–water partition coefficient (Wildman–Crippen LogP) is 3.05. The molecule has 0 saturated carbocycles. The number of thiophene rings is 1. The summed E-state index contributed by atoms with van der Waals surface area (Å²) >= 11 is 1.41. The van der Waals surface area contributed by atoms with Crippen LogP contribution < -0.4 is 5.32 Å². The molecule has 0 unspecified atom stereocenters. The molecule has 1 aromatic heterocycles. The minimum absolute atomic E-state index is 0.0292. The number of amides is 1. The molecule has 1 aliphatic rings. The van der Waals surface area contributed by atoms with Gasteiger partial charge in [0, 0.05) is 18.7 Å². The number of piperidine rings is 1. The Labute approximate surface area is 146 Å². The van der Waals surface area contributed by atoms with Crippen molar-refractivity contribution in [3.63, 3.8) is 0 Å². The molecular weight excluding hydrogens is 320 g/mol. The van der Waals surface area contributed by atoms with E-state index in [1.165, 1.54) is 11.3 Å². The molecule has 4 nitrogen and oxygen atoms in total. The third kappa shape index (κ3) is 3.57. The molecule has 1 saturated heterocycles. The van der Waals surface area contributed by atoms with Gasteiger partial charge >= 0.3 is 0 Å². The number of hydrogen-bond donors (Lipinski definition) is 1. The van der Waals surface area contributed by atoms with Crippen molar-refractivity contribution in [2.45, 2.75) is 12.8 Å². The number of ketones is 1. The van der Waals surface area contributed by atoms with Crippen LogP contribution >= 0.6 is 11.3 Å². The van der Waals surface area contributed by atoms with Crippen molar-refractivity contribution in [2.24, 2.45) is 5.92 Å². The standard InChI is InChI=1S/C19H22N2O2S/c1-20-13-14-8-10-21(11-9-14)19(23)16-6-3-2-5-15(16)18(22)17-7-4-12-24-17/h2-7,12,14,20H,8-11,13H2,1H3. The molecule has 1 aromatic carbocycles. The molecule has 0 aliphatic carbocycles. The van der Waals surface area contributed by atoms with Crippen molar-refractivity contribution in [3.05, 3.63) is 57.8 Å². The second-order valence-electron chi connectivity index (χ2n) is 6.15. The largest absolute Gasteiger partial charge is 0.339 e. The maximum Gasteiger partial charge on any atom is 0.254 e. The van der Waals surface area contributed by atoms with Crippen molar-refractivity contribution in [1.29, 1.82) is 0 Å². The zero-order valence-electron chi connectivity index (χ0n) is 13.8. The first-order valence-electron chi connectivity index (χ1n) is 8.32. The van der Waals surface area contributed by atoms with Gasteiger partial charge < -0.3 is 10.2 Å². The van der Waals surface area contributed by atoms with Gasteiger partial charge in [0.05, 0.1) is 10.4 Å². The van der Waals surface area contributed by atoms with Crippen LogP contribution in [0.3, 0.4) is 0 Å². The van der Waals surface area contributed by atoms with Gasteiger partial charge in [-0.05, 0) is 49.9 Å². The van der Waals surface area contributed by atoms with Crippen molar-refractivity contribution in [3.8, 4) is 0 Å². The van der Waals surface area contributed by atoms with Gasteiger partial charge in [0.1, 0.15) is 0 Å². The summed E-state index contributed by atoms with van der Waals surface area (Å²) in [4.78, 5) is 28.2. The number of rotatable bonds is 5. The van der Waals surface area contributed by atoms with Crippen molar-refractivity contribution >= 4 is 23.0 Å². The number of nitrogens with one attached hydrogen (secondary N) is 1. The average molecular weight is 342 g/mol. The van der Waals surface area contributed by atoms with E-state index < -0.39 is 0 Å². The van der Waals surface area contributed by atoms with Crippen LogP contribution in [0.1, 0.15) is 38.4 Å². The van der Waals surface area contributed by atoms with Crippen molar-refractivity contribution < 1.29 is 9.59 Å². The zero-order valence-corrected chi connectivity index (χ0v) is 14.6. The molecule has 0 atom stereocenters. The lowest BCUT2D eigenvalue weighted by molar-refractivity contribution is 0.0687. The third-order valence-corrected chi connectivity index (χ3v) is 5.41. The van der Waals surface area contributed by atoms with Crippen LogP contribution in [0.5, 0.6) is 0 Å². The van der Waals surface area contributed by atoms with E-state index in [1.807, 2.05) is 35.5 Å². The molecule has 1 fully saturated rings. The van der Waals surface area contributed by atoms with E-state index in [4.69, 9.17) is 0 Å². The SMILES string of the molecule is CNCC1CCN(C(=O)c2ccccc2C(=O)c2cccs2)CC1. The van der Waals surface area contributed by atoms with Crippen LogP contribution in [0.25, 0.3) is 0 Å². The summed E-state index contributed by atoms with van der Waals surface area (Å²) in [6, 6.07) is 10.8. The first kappa shape index (κ1) is 16.9. The lowest BCUT2D eigenvalue weighted by Gasteiger charge is -2.32. The molecule has 1 aliphatic heterocycles. The smallest absolute Gasteiger partial charge is 0.254 e. The third-order valence-electron chi connectivity index (χ3n) is 4.54. The monoisotopic (exact) mass is 342 g/mol. The van der Waals surface area contributed by atoms with Crippen LogP contribution in [0.2, 0.25) is 0 Å². The summed E-state index contributed by atoms with van der Waals surface area (Å²) in [5, 5.41) is 5.09. The number of nitrogens with zero attached hydrogens (tertiary/aromatic N) is 1. The maximum absolute atomic E-state index is 12.9. The molecule has 2 heterocycles. The Kier molecular flexibility index (Phi) is 5.43. The molecule has 0 spiro atoms. The van der Waals surface area contributed by atoms with Gasteiger partial charge in [-0.3, -0.25) is 9.59 Å². The van der Waals surface area contributed by atoms with Crippen LogP contribution in [0.15, 0.2) is 41.8 Å². The first-order chi connectivity index (χ1) is 11.7. The van der Waals surface area contributed by atoms with E-state index in [9.17, 15) is 9.59 Å². The summed E-state index contributed by atoms with van der Waals surface area (Å²) in [7, 11) is 1.96. The molecule has 0 bridgehead atoms. The fraction of sp³-hybridized carbons (Fsp3) is 0.368. The Morgan fingerprint density at radius 1 is 1.12 bits per heavy atom. The number of likely N-dealkylation sites (tertiary alicyclic amines) is 1. The fourth-order valence-electron chi connectivity index (χ4n) is 3.21. The van der Waals surface area contributed by atoms with E-state index in [0.717, 1.165) is 32.5 Å². The lowest BCUT2D eigenvalue weighted by Crippen LogP contribution is -2.40. The molecule has 1 N–H and O–H groups in total. The van der Waals surface area contributed by atoms with E-state index >= 15 is 0 Å². The Balaban J connectivity index is 1.78. The van der Waals surface area contributed by atoms with Crippen LogP contribution in [0, 0.1) is 5.92 Å². The summed E-state index contributed by atoms with van der Waals surface area (Å²) in [6.45, 7) is 2.51. The Bertz CT molecular complexity index is 704. The molecule has 1 amide bonds. The van der Waals surface area contributed by atoms with E-state index in [2.05, 4.69) is 5.32 Å². The van der Waals surface area contributed by atoms with Gasteiger partial charge in [-0.1, -0.05) is 24.3 Å². The summed E-state index contributed by atoms with van der Waals surface area (Å²) in [5.41, 5.74) is 1.02. The number of carbonyl (C=O) groups excluding carboxylic acids is 2. The molecule has 126 valence electrons. The highest BCUT2D eigenvalue weighted by Gasteiger charge is 2.26. The second-order valence-corrected chi connectivity index (χ2v) is 7.09. The van der Waals surface area contributed by atoms with Gasteiger partial charge in [-0.2, -0.15) is 0 Å². The summed E-state index contributed by atoms with van der Waals surface area (Å²) < 4.78 is 0.